The third-order valence-corrected chi connectivity index (χ3v) is 6.19. The van der Waals surface area contributed by atoms with Crippen LogP contribution in [0.25, 0.3) is 0 Å². The number of aromatic nitrogens is 2. The summed E-state index contributed by atoms with van der Waals surface area (Å²) < 4.78 is 5.43. The molecule has 0 bridgehead atoms. The molecule has 1 aromatic carbocycles. The van der Waals surface area contributed by atoms with E-state index < -0.39 is 24.7 Å². The zero-order chi connectivity index (χ0) is 24.1. The largest absolute Gasteiger partial charge is 0.535 e. The van der Waals surface area contributed by atoms with Crippen LogP contribution < -0.4 is 9.97 Å². The van der Waals surface area contributed by atoms with E-state index in [4.69, 9.17) is 4.65 Å². The average molecular weight is 480 g/mol. The quantitative estimate of drug-likeness (QED) is 0.157. The molecular formula is C22H21BN4O6S. The van der Waals surface area contributed by atoms with Crippen LogP contribution in [0.15, 0.2) is 53.1 Å². The number of carboxylic acid groups (broad SMARTS) is 1. The van der Waals surface area contributed by atoms with Gasteiger partial charge in [0.1, 0.15) is 11.4 Å². The maximum Gasteiger partial charge on any atom is 0.526 e. The number of carbonyl (C=O) groups excluding carboxylic acids is 1. The number of carbonyl (C=O) groups is 2. The second kappa shape index (κ2) is 10.4. The lowest BCUT2D eigenvalue weighted by Gasteiger charge is -2.27. The number of carboxylic acids is 1. The van der Waals surface area contributed by atoms with Gasteiger partial charge in [0.15, 0.2) is 16.6 Å². The molecule has 4 N–H and O–H groups in total. The van der Waals surface area contributed by atoms with E-state index in [1.807, 2.05) is 18.2 Å². The first-order valence-corrected chi connectivity index (χ1v) is 11.4. The van der Waals surface area contributed by atoms with Crippen LogP contribution in [0, 0.1) is 0 Å². The molecule has 1 atom stereocenters. The van der Waals surface area contributed by atoms with Crippen LogP contribution in [0.3, 0.4) is 0 Å². The van der Waals surface area contributed by atoms with Gasteiger partial charge in [-0.2, -0.15) is 0 Å². The minimum Gasteiger partial charge on any atom is -0.535 e. The molecule has 10 nitrogen and oxygen atoms in total. The van der Waals surface area contributed by atoms with Crippen molar-refractivity contribution in [2.45, 2.75) is 25.1 Å². The Morgan fingerprint density at radius 2 is 2.12 bits per heavy atom. The zero-order valence-electron chi connectivity index (χ0n) is 17.9. The molecule has 3 heterocycles. The highest BCUT2D eigenvalue weighted by molar-refractivity contribution is 7.14. The molecule has 2 aromatic heterocycles. The molecule has 0 spiro atoms. The molecule has 0 saturated heterocycles. The number of thiazole rings is 1. The predicted molar refractivity (Wildman–Crippen MR) is 126 cm³/mol. The van der Waals surface area contributed by atoms with Crippen molar-refractivity contribution < 1.29 is 29.6 Å². The van der Waals surface area contributed by atoms with Gasteiger partial charge in [0.2, 0.25) is 0 Å². The number of Topliss-reactive ketones (excluding diaryl/α,β-unsaturated/α-hetero) is 1. The van der Waals surface area contributed by atoms with E-state index in [9.17, 15) is 24.9 Å². The molecular weight excluding hydrogens is 459 g/mol. The molecule has 0 radical (unpaired) electrons. The van der Waals surface area contributed by atoms with Gasteiger partial charge >= 0.3 is 13.1 Å². The van der Waals surface area contributed by atoms with Crippen LogP contribution in [-0.2, 0) is 17.6 Å². The lowest BCUT2D eigenvalue weighted by molar-refractivity contribution is -0.113. The Bertz CT molecular complexity index is 1220. The normalized spacial score (nSPS) is 15.4. The summed E-state index contributed by atoms with van der Waals surface area (Å²) in [5, 5.41) is 37.7. The van der Waals surface area contributed by atoms with Crippen molar-refractivity contribution in [2.24, 2.45) is 5.16 Å². The predicted octanol–water partition coefficient (Wildman–Crippen LogP) is 2.51. The Morgan fingerprint density at radius 3 is 2.85 bits per heavy atom. The van der Waals surface area contributed by atoms with Gasteiger partial charge < -0.3 is 25.3 Å². The van der Waals surface area contributed by atoms with E-state index in [0.29, 0.717) is 23.7 Å². The van der Waals surface area contributed by atoms with E-state index in [0.717, 1.165) is 5.69 Å². The zero-order valence-corrected chi connectivity index (χ0v) is 18.7. The third-order valence-electron chi connectivity index (χ3n) is 5.39. The third kappa shape index (κ3) is 5.24. The van der Waals surface area contributed by atoms with Gasteiger partial charge in [-0.1, -0.05) is 23.4 Å². The number of benzene rings is 1. The summed E-state index contributed by atoms with van der Waals surface area (Å²) in [7, 11) is -1.38. The molecule has 1 aliphatic rings. The number of fused-ring (bicyclic) bond motifs is 1. The summed E-state index contributed by atoms with van der Waals surface area (Å²) in [4.78, 5) is 32.8. The summed E-state index contributed by atoms with van der Waals surface area (Å²) >= 11 is 1.27. The second-order valence-corrected chi connectivity index (χ2v) is 8.54. The van der Waals surface area contributed by atoms with E-state index in [-0.39, 0.29) is 35.6 Å². The Labute approximate surface area is 199 Å². The number of rotatable bonds is 9. The van der Waals surface area contributed by atoms with Gasteiger partial charge in [0, 0.05) is 42.5 Å². The van der Waals surface area contributed by atoms with Crippen molar-refractivity contribution in [2.75, 3.05) is 11.9 Å². The molecule has 34 heavy (non-hydrogen) atoms. The smallest absolute Gasteiger partial charge is 0.526 e. The fourth-order valence-corrected chi connectivity index (χ4v) is 4.44. The van der Waals surface area contributed by atoms with Crippen LogP contribution in [0.2, 0.25) is 5.82 Å². The molecule has 1 aliphatic heterocycles. The number of para-hydroxylation sites is 1. The van der Waals surface area contributed by atoms with Gasteiger partial charge in [0.25, 0.3) is 0 Å². The number of anilines is 1. The first-order valence-electron chi connectivity index (χ1n) is 10.5. The molecule has 0 fully saturated rings. The highest BCUT2D eigenvalue weighted by Crippen LogP contribution is 2.36. The van der Waals surface area contributed by atoms with Crippen LogP contribution in [-0.4, -0.2) is 56.4 Å². The van der Waals surface area contributed by atoms with Crippen LogP contribution in [0.5, 0.6) is 5.75 Å². The van der Waals surface area contributed by atoms with Gasteiger partial charge in [-0.25, -0.2) is 9.78 Å². The Balaban J connectivity index is 1.39. The molecule has 12 heteroatoms. The summed E-state index contributed by atoms with van der Waals surface area (Å²) in [6.07, 6.45) is 2.49. The summed E-state index contributed by atoms with van der Waals surface area (Å²) in [6.45, 7) is 0.590. The van der Waals surface area contributed by atoms with Crippen molar-refractivity contribution in [3.8, 4) is 5.75 Å². The van der Waals surface area contributed by atoms with E-state index in [1.165, 1.54) is 17.4 Å². The summed E-state index contributed by atoms with van der Waals surface area (Å²) in [5.41, 5.74) is 1.47. The van der Waals surface area contributed by atoms with Crippen molar-refractivity contribution in [3.05, 3.63) is 70.5 Å². The fraction of sp³-hybridized carbons (Fsp3) is 0.227. The Kier molecular flexibility index (Phi) is 7.19. The van der Waals surface area contributed by atoms with Crippen molar-refractivity contribution in [1.29, 1.82) is 0 Å². The van der Waals surface area contributed by atoms with Crippen molar-refractivity contribution in [3.63, 3.8) is 0 Å². The summed E-state index contributed by atoms with van der Waals surface area (Å²) in [6, 6.07) is 10.4. The highest BCUT2D eigenvalue weighted by atomic mass is 32.1. The van der Waals surface area contributed by atoms with E-state index in [2.05, 4.69) is 20.4 Å². The van der Waals surface area contributed by atoms with Crippen LogP contribution in [0.1, 0.15) is 33.7 Å². The molecule has 4 rings (SSSR count). The Hall–Kier alpha value is -3.77. The van der Waals surface area contributed by atoms with E-state index in [1.54, 1.807) is 23.7 Å². The maximum atomic E-state index is 12.9. The monoisotopic (exact) mass is 480 g/mol. The lowest BCUT2D eigenvalue weighted by Crippen LogP contribution is -2.36. The molecule has 0 amide bonds. The van der Waals surface area contributed by atoms with Crippen LogP contribution >= 0.6 is 11.3 Å². The first kappa shape index (κ1) is 23.4. The minimum atomic E-state index is -1.38. The Morgan fingerprint density at radius 1 is 1.26 bits per heavy atom. The number of pyridine rings is 1. The number of ketones is 1. The number of hydrogen-bond acceptors (Lipinski definition) is 10. The standard InChI is InChI=1S/C22H21BN4O6S/c28-18(11-14-10-13-4-3-6-16(21(29)30)20(13)33-23(14)31)19(27-32)17-12-34-22(26-17)25-9-7-15-5-1-2-8-24-15/h1-6,8,12,14,31-32H,7,9-11H2,(H,25,26)(H,29,30)/b27-19-/t14-/m1/s1. The lowest BCUT2D eigenvalue weighted by atomic mass is 9.64. The molecule has 0 unspecified atom stereocenters. The second-order valence-electron chi connectivity index (χ2n) is 7.68. The molecule has 3 aromatic rings. The number of nitrogens with zero attached hydrogens (tertiary/aromatic N) is 3. The molecule has 0 aliphatic carbocycles. The van der Waals surface area contributed by atoms with Gasteiger partial charge in [-0.3, -0.25) is 9.78 Å². The topological polar surface area (TPSA) is 154 Å². The van der Waals surface area contributed by atoms with Crippen molar-refractivity contribution in [1.82, 2.24) is 9.97 Å². The number of oxime groups is 1. The molecule has 0 saturated carbocycles. The fourth-order valence-electron chi connectivity index (χ4n) is 3.72. The highest BCUT2D eigenvalue weighted by Gasteiger charge is 2.38. The van der Waals surface area contributed by atoms with Crippen LogP contribution in [0.4, 0.5) is 5.13 Å². The number of aromatic carboxylic acids is 1. The SMILES string of the molecule is O=C(C[C@H]1Cc2cccc(C(=O)O)c2OB1O)/C(=N\O)c1csc(NCCc2ccccn2)n1. The van der Waals surface area contributed by atoms with Crippen molar-refractivity contribution >= 4 is 41.1 Å². The van der Waals surface area contributed by atoms with Gasteiger partial charge in [-0.05, 0) is 30.2 Å². The first-order chi connectivity index (χ1) is 16.5. The molecule has 174 valence electrons. The average Bonchev–Trinajstić information content (AvgIpc) is 3.28. The summed E-state index contributed by atoms with van der Waals surface area (Å²) in [5.74, 6) is -2.22. The number of hydrogen-bond donors (Lipinski definition) is 4. The minimum absolute atomic E-state index is 0.0514. The maximum absolute atomic E-state index is 12.9. The number of nitrogens with one attached hydrogen (secondary N) is 1. The van der Waals surface area contributed by atoms with E-state index >= 15 is 0 Å². The van der Waals surface area contributed by atoms with Gasteiger partial charge in [0.05, 0.1) is 5.56 Å². The van der Waals surface area contributed by atoms with Gasteiger partial charge in [-0.15, -0.1) is 11.3 Å².